The minimum absolute atomic E-state index is 0.00496. The second-order valence-corrected chi connectivity index (χ2v) is 13.5. The van der Waals surface area contributed by atoms with Crippen LogP contribution in [0.4, 0.5) is 0 Å². The molecule has 7 heterocycles. The van der Waals surface area contributed by atoms with Gasteiger partial charge in [0.05, 0.1) is 43.4 Å². The highest BCUT2D eigenvalue weighted by atomic mass is 16.5. The van der Waals surface area contributed by atoms with Gasteiger partial charge in [-0.15, -0.1) is 0 Å². The Hall–Kier alpha value is -3.96. The molecular weight excluding hydrogens is 570 g/mol. The van der Waals surface area contributed by atoms with Crippen molar-refractivity contribution in [2.45, 2.75) is 77.2 Å². The van der Waals surface area contributed by atoms with Gasteiger partial charge in [0.25, 0.3) is 5.91 Å². The fourth-order valence-corrected chi connectivity index (χ4v) is 8.25. The minimum atomic E-state index is -0.234. The van der Waals surface area contributed by atoms with Crippen molar-refractivity contribution in [3.63, 3.8) is 0 Å². The summed E-state index contributed by atoms with van der Waals surface area (Å²) in [5.74, 6) is 1.88. The summed E-state index contributed by atoms with van der Waals surface area (Å²) in [6.45, 7) is 8.13. The predicted molar refractivity (Wildman–Crippen MR) is 169 cm³/mol. The molecule has 4 aromatic heterocycles. The molecule has 4 bridgehead atoms. The first-order valence-corrected chi connectivity index (χ1v) is 16.3. The molecule has 2 saturated heterocycles. The summed E-state index contributed by atoms with van der Waals surface area (Å²) in [7, 11) is 1.63. The van der Waals surface area contributed by atoms with Gasteiger partial charge >= 0.3 is 0 Å². The van der Waals surface area contributed by atoms with E-state index in [1.54, 1.807) is 7.11 Å². The predicted octanol–water partition coefficient (Wildman–Crippen LogP) is 3.85. The molecule has 8 rings (SSSR count). The fraction of sp³-hybridized carbons (Fsp3) is 0.529. The molecule has 45 heavy (non-hydrogen) atoms. The lowest BCUT2D eigenvalue weighted by Crippen LogP contribution is -2.40. The number of rotatable bonds is 3. The van der Waals surface area contributed by atoms with Gasteiger partial charge in [-0.3, -0.25) is 14.0 Å². The molecular formula is C34H41N7O4. The molecule has 0 radical (unpaired) electrons. The third kappa shape index (κ3) is 4.53. The van der Waals surface area contributed by atoms with Crippen LogP contribution in [0, 0.1) is 24.7 Å². The van der Waals surface area contributed by atoms with Crippen molar-refractivity contribution in [1.29, 1.82) is 0 Å². The van der Waals surface area contributed by atoms with Crippen LogP contribution in [0.15, 0.2) is 30.3 Å². The molecule has 2 amide bonds. The number of amides is 2. The topological polar surface area (TPSA) is 129 Å². The molecule has 11 nitrogen and oxygen atoms in total. The number of carbonyl (C=O) groups excluding carboxylic acids is 2. The van der Waals surface area contributed by atoms with E-state index in [-0.39, 0.29) is 36.0 Å². The Bertz CT molecular complexity index is 1850. The van der Waals surface area contributed by atoms with Crippen LogP contribution in [0.25, 0.3) is 28.1 Å². The van der Waals surface area contributed by atoms with Crippen molar-refractivity contribution >= 4 is 28.5 Å². The number of aromatic nitrogens is 4. The van der Waals surface area contributed by atoms with Gasteiger partial charge in [0, 0.05) is 48.1 Å². The van der Waals surface area contributed by atoms with Crippen molar-refractivity contribution in [3.8, 4) is 17.3 Å². The SMILES string of the molecule is COc1cc(C(=O)N2[C@H]3CC[C@@H]2[C@H](N)C3)cc2nc(-c3cc4ccc5nc4n3C[C@H]3[C@@H](C)[C@H]3COCCC(=O)N[C@@H]5C)c(C)n12. The van der Waals surface area contributed by atoms with Crippen LogP contribution in [0.3, 0.4) is 0 Å². The van der Waals surface area contributed by atoms with E-state index < -0.39 is 0 Å². The molecule has 236 valence electrons. The number of nitrogens with zero attached hydrogens (tertiary/aromatic N) is 5. The van der Waals surface area contributed by atoms with Crippen LogP contribution in [0.1, 0.15) is 67.3 Å². The van der Waals surface area contributed by atoms with E-state index in [2.05, 4.69) is 28.9 Å². The summed E-state index contributed by atoms with van der Waals surface area (Å²) in [5, 5.41) is 4.09. The van der Waals surface area contributed by atoms with Crippen LogP contribution in [-0.4, -0.2) is 74.1 Å². The number of imidazole rings is 1. The second-order valence-electron chi connectivity index (χ2n) is 13.5. The average Bonchev–Trinajstić information content (AvgIpc) is 3.47. The minimum Gasteiger partial charge on any atom is -0.482 e. The molecule has 4 aromatic rings. The Morgan fingerprint density at radius 1 is 1.13 bits per heavy atom. The molecule has 0 aromatic carbocycles. The van der Waals surface area contributed by atoms with Gasteiger partial charge in [0.15, 0.2) is 5.88 Å². The first kappa shape index (κ1) is 28.5. The number of carbonyl (C=O) groups is 2. The third-order valence-corrected chi connectivity index (χ3v) is 11.0. The first-order chi connectivity index (χ1) is 21.7. The zero-order chi connectivity index (χ0) is 31.1. The molecule has 11 heteroatoms. The van der Waals surface area contributed by atoms with Crippen molar-refractivity contribution in [3.05, 3.63) is 47.3 Å². The fourth-order valence-electron chi connectivity index (χ4n) is 8.25. The number of ether oxygens (including phenoxy) is 2. The van der Waals surface area contributed by atoms with E-state index in [1.165, 1.54) is 0 Å². The lowest BCUT2D eigenvalue weighted by atomic mass is 9.97. The van der Waals surface area contributed by atoms with Gasteiger partial charge in [0.2, 0.25) is 5.91 Å². The van der Waals surface area contributed by atoms with Gasteiger partial charge in [-0.2, -0.15) is 0 Å². The molecule has 1 saturated carbocycles. The van der Waals surface area contributed by atoms with Crippen LogP contribution >= 0.6 is 0 Å². The van der Waals surface area contributed by atoms with E-state index in [0.29, 0.717) is 54.5 Å². The highest BCUT2D eigenvalue weighted by Crippen LogP contribution is 2.48. The monoisotopic (exact) mass is 611 g/mol. The van der Waals surface area contributed by atoms with E-state index in [0.717, 1.165) is 59.6 Å². The standard InChI is InChI=1S/C34H41N7O4/c1-17-23-15-39-28(11-20-5-7-26(37-33(20)39)18(2)36-30(42)9-10-45-16-24(17)23)32-19(3)40-29(38-32)12-21(13-31(40)44-4)34(43)41-22-6-8-27(41)25(35)14-22/h5,7,11-13,17-18,22-25,27H,6,8-10,14-16,35H2,1-4H3,(H,36,42)/t17-,18-,22+,23+,24-,25-,27-/m1/s1. The van der Waals surface area contributed by atoms with Gasteiger partial charge < -0.3 is 30.0 Å². The average molecular weight is 612 g/mol. The summed E-state index contributed by atoms with van der Waals surface area (Å²) in [5.41, 5.74) is 12.0. The smallest absolute Gasteiger partial charge is 0.254 e. The molecule has 3 N–H and O–H groups in total. The highest BCUT2D eigenvalue weighted by molar-refractivity contribution is 5.97. The Labute approximate surface area is 262 Å². The Morgan fingerprint density at radius 3 is 2.73 bits per heavy atom. The number of nitrogens with two attached hydrogens (primary N) is 1. The summed E-state index contributed by atoms with van der Waals surface area (Å²) >= 11 is 0. The van der Waals surface area contributed by atoms with Gasteiger partial charge in [-0.25, -0.2) is 9.97 Å². The quantitative estimate of drug-likeness (QED) is 0.360. The number of aryl methyl sites for hydroxylation is 1. The van der Waals surface area contributed by atoms with Crippen molar-refractivity contribution in [2.75, 3.05) is 20.3 Å². The molecule has 7 atom stereocenters. The van der Waals surface area contributed by atoms with E-state index in [1.807, 2.05) is 41.3 Å². The molecule has 0 spiro atoms. The lowest BCUT2D eigenvalue weighted by Gasteiger charge is -2.23. The molecule has 3 fully saturated rings. The number of hydrogen-bond donors (Lipinski definition) is 2. The van der Waals surface area contributed by atoms with Gasteiger partial charge in [-0.05, 0) is 75.1 Å². The zero-order valence-electron chi connectivity index (χ0n) is 26.3. The largest absolute Gasteiger partial charge is 0.482 e. The first-order valence-electron chi connectivity index (χ1n) is 16.3. The van der Waals surface area contributed by atoms with Crippen molar-refractivity contribution < 1.29 is 19.1 Å². The summed E-state index contributed by atoms with van der Waals surface area (Å²) in [4.78, 5) is 38.6. The summed E-state index contributed by atoms with van der Waals surface area (Å²) in [6, 6.07) is 10.0. The maximum atomic E-state index is 13.8. The lowest BCUT2D eigenvalue weighted by molar-refractivity contribution is -0.122. The zero-order valence-corrected chi connectivity index (χ0v) is 26.3. The van der Waals surface area contributed by atoms with Crippen molar-refractivity contribution in [2.24, 2.45) is 23.5 Å². The van der Waals surface area contributed by atoms with Crippen LogP contribution in [0.5, 0.6) is 5.88 Å². The normalized spacial score (nSPS) is 29.7. The third-order valence-electron chi connectivity index (χ3n) is 11.0. The molecule has 3 aliphatic heterocycles. The van der Waals surface area contributed by atoms with E-state index >= 15 is 0 Å². The molecule has 4 aliphatic rings. The summed E-state index contributed by atoms with van der Waals surface area (Å²) in [6.07, 6.45) is 3.17. The Balaban J connectivity index is 1.24. The maximum Gasteiger partial charge on any atom is 0.254 e. The second kappa shape index (κ2) is 10.6. The maximum absolute atomic E-state index is 13.8. The van der Waals surface area contributed by atoms with E-state index in [9.17, 15) is 9.59 Å². The number of fused-ring (bicyclic) bond motifs is 5. The van der Waals surface area contributed by atoms with E-state index in [4.69, 9.17) is 25.2 Å². The van der Waals surface area contributed by atoms with Crippen LogP contribution in [0.2, 0.25) is 0 Å². The van der Waals surface area contributed by atoms with Gasteiger partial charge in [0.1, 0.15) is 17.0 Å². The Kier molecular flexibility index (Phi) is 6.69. The molecule has 1 aliphatic carbocycles. The molecule has 0 unspecified atom stereocenters. The number of nitrogens with one attached hydrogen (secondary N) is 1. The Morgan fingerprint density at radius 2 is 1.98 bits per heavy atom. The van der Waals surface area contributed by atoms with Crippen LogP contribution < -0.4 is 15.8 Å². The summed E-state index contributed by atoms with van der Waals surface area (Å²) < 4.78 is 16.1. The van der Waals surface area contributed by atoms with Gasteiger partial charge in [-0.1, -0.05) is 6.92 Å². The van der Waals surface area contributed by atoms with Crippen molar-refractivity contribution in [1.82, 2.24) is 29.2 Å². The number of methoxy groups -OCH3 is 1. The van der Waals surface area contributed by atoms with Crippen LogP contribution in [-0.2, 0) is 16.1 Å². The number of pyridine rings is 2. The number of hydrogen-bond acceptors (Lipinski definition) is 7. The highest BCUT2D eigenvalue weighted by Gasteiger charge is 2.48.